The van der Waals surface area contributed by atoms with Gasteiger partial charge in [0.2, 0.25) is 5.96 Å². The van der Waals surface area contributed by atoms with Crippen LogP contribution in [0.1, 0.15) is 5.56 Å². The molecular formula is C9H11Cl2N3O. The Morgan fingerprint density at radius 2 is 2.13 bits per heavy atom. The molecule has 0 atom stereocenters. The van der Waals surface area contributed by atoms with Crippen molar-refractivity contribution in [3.63, 3.8) is 0 Å². The van der Waals surface area contributed by atoms with Gasteiger partial charge in [-0.25, -0.2) is 0 Å². The Balaban J connectivity index is 2.77. The summed E-state index contributed by atoms with van der Waals surface area (Å²) in [6, 6.07) is 5.28. The molecule has 4 nitrogen and oxygen atoms in total. The summed E-state index contributed by atoms with van der Waals surface area (Å²) in [5, 5.41) is 12.3. The number of nitrogens with zero attached hydrogens (tertiary/aromatic N) is 2. The van der Waals surface area contributed by atoms with E-state index in [0.717, 1.165) is 5.56 Å². The summed E-state index contributed by atoms with van der Waals surface area (Å²) in [6.45, 7) is 0.493. The van der Waals surface area contributed by atoms with E-state index in [1.54, 1.807) is 24.1 Å². The summed E-state index contributed by atoms with van der Waals surface area (Å²) in [5.41, 5.74) is 6.33. The highest BCUT2D eigenvalue weighted by Gasteiger charge is 2.05. The quantitative estimate of drug-likeness (QED) is 0.364. The van der Waals surface area contributed by atoms with Crippen molar-refractivity contribution in [1.29, 1.82) is 0 Å². The Hall–Kier alpha value is -1.13. The lowest BCUT2D eigenvalue weighted by Crippen LogP contribution is -2.33. The van der Waals surface area contributed by atoms with Gasteiger partial charge in [0, 0.05) is 13.6 Å². The number of nitrogens with two attached hydrogens (primary N) is 1. The van der Waals surface area contributed by atoms with Gasteiger partial charge in [0.1, 0.15) is 0 Å². The first-order chi connectivity index (χ1) is 7.04. The highest BCUT2D eigenvalue weighted by Crippen LogP contribution is 2.22. The molecule has 0 spiro atoms. The molecule has 0 unspecified atom stereocenters. The molecule has 0 aromatic heterocycles. The van der Waals surface area contributed by atoms with E-state index in [1.165, 1.54) is 0 Å². The van der Waals surface area contributed by atoms with Crippen LogP contribution in [0, 0.1) is 0 Å². The third kappa shape index (κ3) is 3.18. The maximum Gasteiger partial charge on any atom is 0.233 e. The van der Waals surface area contributed by atoms with Crippen LogP contribution in [0.4, 0.5) is 0 Å². The number of hydrogen-bond donors (Lipinski definition) is 2. The minimum absolute atomic E-state index is 0.0427. The Bertz CT molecular complexity index is 382. The maximum atomic E-state index is 8.46. The third-order valence-corrected chi connectivity index (χ3v) is 2.64. The van der Waals surface area contributed by atoms with Gasteiger partial charge in [0.05, 0.1) is 10.0 Å². The van der Waals surface area contributed by atoms with Crippen LogP contribution in [-0.2, 0) is 6.54 Å². The Morgan fingerprint density at radius 3 is 2.67 bits per heavy atom. The molecule has 0 amide bonds. The van der Waals surface area contributed by atoms with Crippen molar-refractivity contribution in [2.24, 2.45) is 10.9 Å². The van der Waals surface area contributed by atoms with Crippen molar-refractivity contribution in [2.75, 3.05) is 7.05 Å². The van der Waals surface area contributed by atoms with Gasteiger partial charge in [0.15, 0.2) is 0 Å². The van der Waals surface area contributed by atoms with E-state index < -0.39 is 0 Å². The van der Waals surface area contributed by atoms with E-state index in [-0.39, 0.29) is 5.96 Å². The number of benzene rings is 1. The van der Waals surface area contributed by atoms with Gasteiger partial charge in [-0.15, -0.1) is 0 Å². The lowest BCUT2D eigenvalue weighted by molar-refractivity contribution is 0.304. The first-order valence-corrected chi connectivity index (χ1v) is 4.92. The van der Waals surface area contributed by atoms with Crippen LogP contribution in [0.15, 0.2) is 23.4 Å². The molecule has 0 aliphatic rings. The molecule has 0 aliphatic carbocycles. The molecule has 82 valence electrons. The average molecular weight is 248 g/mol. The van der Waals surface area contributed by atoms with Crippen molar-refractivity contribution < 1.29 is 5.21 Å². The average Bonchev–Trinajstić information content (AvgIpc) is 2.22. The summed E-state index contributed by atoms with van der Waals surface area (Å²) in [5.74, 6) is 0.0427. The second-order valence-electron chi connectivity index (χ2n) is 3.06. The zero-order valence-corrected chi connectivity index (χ0v) is 9.63. The van der Waals surface area contributed by atoms with Crippen LogP contribution in [0.3, 0.4) is 0 Å². The van der Waals surface area contributed by atoms with E-state index in [0.29, 0.717) is 16.6 Å². The van der Waals surface area contributed by atoms with Gasteiger partial charge < -0.3 is 15.8 Å². The van der Waals surface area contributed by atoms with Gasteiger partial charge in [-0.2, -0.15) is 0 Å². The zero-order chi connectivity index (χ0) is 11.4. The van der Waals surface area contributed by atoms with E-state index >= 15 is 0 Å². The van der Waals surface area contributed by atoms with Gasteiger partial charge in [-0.3, -0.25) is 0 Å². The summed E-state index contributed by atoms with van der Waals surface area (Å²) >= 11 is 11.6. The fraction of sp³-hybridized carbons (Fsp3) is 0.222. The topological polar surface area (TPSA) is 61.8 Å². The highest BCUT2D eigenvalue weighted by molar-refractivity contribution is 6.42. The molecule has 0 aliphatic heterocycles. The van der Waals surface area contributed by atoms with E-state index in [2.05, 4.69) is 5.16 Å². The lowest BCUT2D eigenvalue weighted by atomic mass is 10.2. The predicted molar refractivity (Wildman–Crippen MR) is 61.3 cm³/mol. The molecule has 3 N–H and O–H groups in total. The number of halogens is 2. The zero-order valence-electron chi connectivity index (χ0n) is 8.11. The fourth-order valence-corrected chi connectivity index (χ4v) is 1.39. The number of guanidine groups is 1. The summed E-state index contributed by atoms with van der Waals surface area (Å²) in [6.07, 6.45) is 0. The minimum Gasteiger partial charge on any atom is -0.408 e. The molecule has 0 saturated carbocycles. The van der Waals surface area contributed by atoms with E-state index in [1.807, 2.05) is 6.07 Å². The van der Waals surface area contributed by atoms with Crippen molar-refractivity contribution in [3.8, 4) is 0 Å². The second kappa shape index (κ2) is 5.09. The Morgan fingerprint density at radius 1 is 1.47 bits per heavy atom. The first kappa shape index (κ1) is 11.9. The molecule has 0 saturated heterocycles. The normalized spacial score (nSPS) is 11.5. The smallest absolute Gasteiger partial charge is 0.233 e. The van der Waals surface area contributed by atoms with E-state index in [9.17, 15) is 0 Å². The molecule has 1 aromatic carbocycles. The van der Waals surface area contributed by atoms with Gasteiger partial charge in [-0.05, 0) is 17.7 Å². The van der Waals surface area contributed by atoms with Crippen LogP contribution < -0.4 is 5.73 Å². The van der Waals surface area contributed by atoms with Crippen molar-refractivity contribution in [3.05, 3.63) is 33.8 Å². The Labute approximate surface area is 97.9 Å². The fourth-order valence-electron chi connectivity index (χ4n) is 1.07. The van der Waals surface area contributed by atoms with Gasteiger partial charge in [-0.1, -0.05) is 34.4 Å². The number of hydrogen-bond acceptors (Lipinski definition) is 2. The van der Waals surface area contributed by atoms with Crippen LogP contribution in [-0.4, -0.2) is 23.1 Å². The molecular weight excluding hydrogens is 237 g/mol. The van der Waals surface area contributed by atoms with Crippen molar-refractivity contribution >= 4 is 29.2 Å². The number of rotatable bonds is 2. The third-order valence-electron chi connectivity index (χ3n) is 1.90. The molecule has 6 heteroatoms. The largest absolute Gasteiger partial charge is 0.408 e. The summed E-state index contributed by atoms with van der Waals surface area (Å²) in [7, 11) is 1.71. The van der Waals surface area contributed by atoms with Crippen LogP contribution in [0.2, 0.25) is 10.0 Å². The monoisotopic (exact) mass is 247 g/mol. The van der Waals surface area contributed by atoms with Crippen molar-refractivity contribution in [1.82, 2.24) is 4.90 Å². The SMILES string of the molecule is CN(Cc1ccc(Cl)c(Cl)c1)C(N)=NO. The molecule has 15 heavy (non-hydrogen) atoms. The van der Waals surface area contributed by atoms with Crippen LogP contribution >= 0.6 is 23.2 Å². The number of oxime groups is 1. The van der Waals surface area contributed by atoms with Gasteiger partial charge in [0.25, 0.3) is 0 Å². The predicted octanol–water partition coefficient (Wildman–Crippen LogP) is 2.13. The first-order valence-electron chi connectivity index (χ1n) is 4.17. The summed E-state index contributed by atoms with van der Waals surface area (Å²) < 4.78 is 0. The molecule has 0 bridgehead atoms. The second-order valence-corrected chi connectivity index (χ2v) is 3.88. The molecule has 0 heterocycles. The van der Waals surface area contributed by atoms with Crippen LogP contribution in [0.5, 0.6) is 0 Å². The molecule has 0 radical (unpaired) electrons. The molecule has 0 fully saturated rings. The minimum atomic E-state index is 0.0427. The molecule has 1 aromatic rings. The van der Waals surface area contributed by atoms with E-state index in [4.69, 9.17) is 34.1 Å². The molecule has 1 rings (SSSR count). The highest BCUT2D eigenvalue weighted by atomic mass is 35.5. The standard InChI is InChI=1S/C9H11Cl2N3O/c1-14(9(12)13-15)5-6-2-3-7(10)8(11)4-6/h2-4,15H,5H2,1H3,(H2,12,13). The Kier molecular flexibility index (Phi) is 4.05. The van der Waals surface area contributed by atoms with Crippen molar-refractivity contribution in [2.45, 2.75) is 6.54 Å². The maximum absolute atomic E-state index is 8.46. The lowest BCUT2D eigenvalue weighted by Gasteiger charge is -2.16. The summed E-state index contributed by atoms with van der Waals surface area (Å²) in [4.78, 5) is 1.58. The van der Waals surface area contributed by atoms with Gasteiger partial charge >= 0.3 is 0 Å². The van der Waals surface area contributed by atoms with Crippen LogP contribution in [0.25, 0.3) is 0 Å².